The molecule has 1 heterocycles. The Bertz CT molecular complexity index is 724. The van der Waals surface area contributed by atoms with Crippen LogP contribution in [0.15, 0.2) is 42.5 Å². The van der Waals surface area contributed by atoms with E-state index in [9.17, 15) is 0 Å². The standard InChI is InChI=1S/C24H33NO3/c1-25-14-6-9-21(25)10-7-15-28-24-11-5-4-8-20(24)13-12-19-16-22(26-2)18-23(17-19)27-3/h4-5,8,11,16-18,21H,6-7,9-10,12-15H2,1-3H3. The van der Waals surface area contributed by atoms with Crippen LogP contribution in [0.1, 0.15) is 36.8 Å². The van der Waals surface area contributed by atoms with Gasteiger partial charge < -0.3 is 19.1 Å². The molecule has 28 heavy (non-hydrogen) atoms. The van der Waals surface area contributed by atoms with Crippen LogP contribution in [-0.2, 0) is 12.8 Å². The van der Waals surface area contributed by atoms with Gasteiger partial charge in [-0.05, 0) is 81.4 Å². The van der Waals surface area contributed by atoms with Gasteiger partial charge in [-0.15, -0.1) is 0 Å². The van der Waals surface area contributed by atoms with Gasteiger partial charge >= 0.3 is 0 Å². The third-order valence-electron chi connectivity index (χ3n) is 5.68. The van der Waals surface area contributed by atoms with Crippen molar-refractivity contribution in [3.05, 3.63) is 53.6 Å². The highest BCUT2D eigenvalue weighted by atomic mass is 16.5. The van der Waals surface area contributed by atoms with E-state index in [4.69, 9.17) is 14.2 Å². The zero-order valence-corrected chi connectivity index (χ0v) is 17.4. The molecule has 0 aromatic heterocycles. The molecule has 2 aromatic rings. The van der Waals surface area contributed by atoms with Crippen molar-refractivity contribution in [2.45, 2.75) is 44.6 Å². The predicted octanol–water partition coefficient (Wildman–Crippen LogP) is 4.74. The maximum Gasteiger partial charge on any atom is 0.122 e. The van der Waals surface area contributed by atoms with Crippen LogP contribution in [0.3, 0.4) is 0 Å². The molecule has 0 aliphatic carbocycles. The van der Waals surface area contributed by atoms with Crippen LogP contribution in [0.4, 0.5) is 0 Å². The normalized spacial score (nSPS) is 16.9. The number of aryl methyl sites for hydroxylation is 2. The van der Waals surface area contributed by atoms with Crippen LogP contribution >= 0.6 is 0 Å². The zero-order valence-electron chi connectivity index (χ0n) is 17.4. The quantitative estimate of drug-likeness (QED) is 0.555. The molecular weight excluding hydrogens is 350 g/mol. The molecule has 1 atom stereocenters. The number of rotatable bonds is 10. The summed E-state index contributed by atoms with van der Waals surface area (Å²) in [5.41, 5.74) is 2.46. The Hall–Kier alpha value is -2.20. The van der Waals surface area contributed by atoms with Crippen LogP contribution in [0.2, 0.25) is 0 Å². The zero-order chi connectivity index (χ0) is 19.8. The van der Waals surface area contributed by atoms with Crippen molar-refractivity contribution in [2.24, 2.45) is 0 Å². The van der Waals surface area contributed by atoms with Gasteiger partial charge in [-0.1, -0.05) is 18.2 Å². The van der Waals surface area contributed by atoms with E-state index < -0.39 is 0 Å². The molecule has 1 aliphatic heterocycles. The molecule has 0 radical (unpaired) electrons. The number of para-hydroxylation sites is 1. The molecule has 0 bridgehead atoms. The Morgan fingerprint density at radius 1 is 1.00 bits per heavy atom. The summed E-state index contributed by atoms with van der Waals surface area (Å²) in [5.74, 6) is 2.67. The lowest BCUT2D eigenvalue weighted by atomic mass is 10.0. The number of nitrogens with zero attached hydrogens (tertiary/aromatic N) is 1. The monoisotopic (exact) mass is 383 g/mol. The van der Waals surface area contributed by atoms with E-state index in [2.05, 4.69) is 48.3 Å². The molecule has 1 aliphatic rings. The lowest BCUT2D eigenvalue weighted by Crippen LogP contribution is -2.25. The fraction of sp³-hybridized carbons (Fsp3) is 0.500. The van der Waals surface area contributed by atoms with E-state index in [0.29, 0.717) is 0 Å². The molecule has 0 amide bonds. The Balaban J connectivity index is 1.53. The molecular formula is C24H33NO3. The molecule has 4 heteroatoms. The first-order chi connectivity index (χ1) is 13.7. The minimum atomic E-state index is 0.738. The number of ether oxygens (including phenoxy) is 3. The fourth-order valence-electron chi connectivity index (χ4n) is 3.99. The fourth-order valence-corrected chi connectivity index (χ4v) is 3.99. The Labute approximate surface area is 169 Å². The van der Waals surface area contributed by atoms with Crippen molar-refractivity contribution in [2.75, 3.05) is 34.4 Å². The van der Waals surface area contributed by atoms with E-state index >= 15 is 0 Å². The SMILES string of the molecule is COc1cc(CCc2ccccc2OCCCC2CCCN2C)cc(OC)c1. The second kappa shape index (κ2) is 10.4. The number of likely N-dealkylation sites (tertiary alicyclic amines) is 1. The molecule has 1 fully saturated rings. The van der Waals surface area contributed by atoms with Gasteiger partial charge in [0.05, 0.1) is 20.8 Å². The molecule has 3 rings (SSSR count). The maximum absolute atomic E-state index is 6.14. The Morgan fingerprint density at radius 3 is 2.43 bits per heavy atom. The molecule has 2 aromatic carbocycles. The van der Waals surface area contributed by atoms with Crippen molar-refractivity contribution in [1.29, 1.82) is 0 Å². The summed E-state index contributed by atoms with van der Waals surface area (Å²) in [7, 11) is 5.61. The lowest BCUT2D eigenvalue weighted by Gasteiger charge is -2.19. The first-order valence-electron chi connectivity index (χ1n) is 10.3. The Kier molecular flexibility index (Phi) is 7.61. The van der Waals surface area contributed by atoms with Gasteiger partial charge in [-0.25, -0.2) is 0 Å². The van der Waals surface area contributed by atoms with Crippen LogP contribution in [0, 0.1) is 0 Å². The summed E-state index contributed by atoms with van der Waals surface area (Å²) in [6.07, 6.45) is 6.84. The maximum atomic E-state index is 6.14. The third kappa shape index (κ3) is 5.65. The molecule has 1 saturated heterocycles. The van der Waals surface area contributed by atoms with Crippen LogP contribution in [-0.4, -0.2) is 45.4 Å². The van der Waals surface area contributed by atoms with Crippen molar-refractivity contribution >= 4 is 0 Å². The van der Waals surface area contributed by atoms with E-state index in [0.717, 1.165) is 49.2 Å². The summed E-state index contributed by atoms with van der Waals surface area (Å²) < 4.78 is 16.9. The molecule has 0 spiro atoms. The minimum absolute atomic E-state index is 0.738. The first-order valence-corrected chi connectivity index (χ1v) is 10.3. The minimum Gasteiger partial charge on any atom is -0.497 e. The largest absolute Gasteiger partial charge is 0.497 e. The van der Waals surface area contributed by atoms with Gasteiger partial charge in [0.15, 0.2) is 0 Å². The second-order valence-corrected chi connectivity index (χ2v) is 7.60. The van der Waals surface area contributed by atoms with Crippen molar-refractivity contribution in [3.8, 4) is 17.2 Å². The third-order valence-corrected chi connectivity index (χ3v) is 5.68. The molecule has 0 N–H and O–H groups in total. The number of hydrogen-bond acceptors (Lipinski definition) is 4. The summed E-state index contributed by atoms with van der Waals surface area (Å²) in [4.78, 5) is 2.48. The van der Waals surface area contributed by atoms with Crippen molar-refractivity contribution in [3.63, 3.8) is 0 Å². The molecule has 0 saturated carbocycles. The average Bonchev–Trinajstić information content (AvgIpc) is 3.14. The Morgan fingerprint density at radius 2 is 1.75 bits per heavy atom. The highest BCUT2D eigenvalue weighted by Crippen LogP contribution is 2.26. The summed E-state index contributed by atoms with van der Waals surface area (Å²) in [6, 6.07) is 15.2. The predicted molar refractivity (Wildman–Crippen MR) is 114 cm³/mol. The van der Waals surface area contributed by atoms with Gasteiger partial charge in [-0.2, -0.15) is 0 Å². The van der Waals surface area contributed by atoms with Crippen molar-refractivity contribution < 1.29 is 14.2 Å². The summed E-state index contributed by atoms with van der Waals surface area (Å²) in [6.45, 7) is 2.03. The van der Waals surface area contributed by atoms with Crippen molar-refractivity contribution in [1.82, 2.24) is 4.90 Å². The van der Waals surface area contributed by atoms with E-state index in [1.807, 2.05) is 6.07 Å². The van der Waals surface area contributed by atoms with Gasteiger partial charge in [0.1, 0.15) is 17.2 Å². The molecule has 1 unspecified atom stereocenters. The van der Waals surface area contributed by atoms with E-state index in [1.165, 1.54) is 36.9 Å². The van der Waals surface area contributed by atoms with E-state index in [-0.39, 0.29) is 0 Å². The van der Waals surface area contributed by atoms with Gasteiger partial charge in [0, 0.05) is 12.1 Å². The topological polar surface area (TPSA) is 30.9 Å². The lowest BCUT2D eigenvalue weighted by molar-refractivity contribution is 0.254. The second-order valence-electron chi connectivity index (χ2n) is 7.60. The highest BCUT2D eigenvalue weighted by Gasteiger charge is 2.19. The summed E-state index contributed by atoms with van der Waals surface area (Å²) >= 11 is 0. The smallest absolute Gasteiger partial charge is 0.122 e. The summed E-state index contributed by atoms with van der Waals surface area (Å²) in [5, 5.41) is 0. The van der Waals surface area contributed by atoms with Crippen LogP contribution in [0.25, 0.3) is 0 Å². The highest BCUT2D eigenvalue weighted by molar-refractivity contribution is 5.40. The number of hydrogen-bond donors (Lipinski definition) is 0. The van der Waals surface area contributed by atoms with Gasteiger partial charge in [-0.3, -0.25) is 0 Å². The number of methoxy groups -OCH3 is 2. The van der Waals surface area contributed by atoms with Gasteiger partial charge in [0.25, 0.3) is 0 Å². The molecule has 4 nitrogen and oxygen atoms in total. The van der Waals surface area contributed by atoms with Gasteiger partial charge in [0.2, 0.25) is 0 Å². The number of benzene rings is 2. The average molecular weight is 384 g/mol. The van der Waals surface area contributed by atoms with Crippen LogP contribution < -0.4 is 14.2 Å². The van der Waals surface area contributed by atoms with E-state index in [1.54, 1.807) is 14.2 Å². The molecule has 152 valence electrons. The first kappa shape index (κ1) is 20.5. The van der Waals surface area contributed by atoms with Crippen LogP contribution in [0.5, 0.6) is 17.2 Å².